The summed E-state index contributed by atoms with van der Waals surface area (Å²) in [6, 6.07) is 0.271. The largest absolute Gasteiger partial charge is 0.396 e. The highest BCUT2D eigenvalue weighted by atomic mass is 31.0. The van der Waals surface area contributed by atoms with Crippen molar-refractivity contribution in [2.45, 2.75) is 46.1 Å². The molecule has 3 rings (SSSR count). The van der Waals surface area contributed by atoms with Gasteiger partial charge >= 0.3 is 0 Å². The Bertz CT molecular complexity index is 934. The number of aliphatic hydroxyl groups is 1. The molecule has 7 nitrogen and oxygen atoms in total. The third-order valence-corrected chi connectivity index (χ3v) is 6.30. The molecule has 0 radical (unpaired) electrons. The molecule has 2 atom stereocenters. The van der Waals surface area contributed by atoms with Crippen LogP contribution in [0, 0.1) is 12.3 Å². The van der Waals surface area contributed by atoms with Crippen molar-refractivity contribution < 1.29 is 9.84 Å². The molecular formula is C24H34N5O2P. The normalized spacial score (nSPS) is 26.2. The molecule has 0 spiro atoms. The number of allylic oxidation sites excluding steroid dienone is 4. The molecule has 0 bridgehead atoms. The summed E-state index contributed by atoms with van der Waals surface area (Å²) in [7, 11) is 2.73. The fraction of sp³-hybridized carbons (Fsp3) is 0.500. The van der Waals surface area contributed by atoms with Crippen LogP contribution in [0.4, 0.5) is 11.5 Å². The Kier molecular flexibility index (Phi) is 8.85. The van der Waals surface area contributed by atoms with Crippen LogP contribution in [-0.4, -0.2) is 58.6 Å². The third kappa shape index (κ3) is 6.64. The van der Waals surface area contributed by atoms with E-state index in [1.54, 1.807) is 6.33 Å². The van der Waals surface area contributed by atoms with E-state index >= 15 is 0 Å². The monoisotopic (exact) mass is 455 g/mol. The zero-order valence-corrected chi connectivity index (χ0v) is 20.4. The predicted molar refractivity (Wildman–Crippen MR) is 135 cm³/mol. The van der Waals surface area contributed by atoms with Crippen molar-refractivity contribution in [3.8, 4) is 0 Å². The number of nitrogens with zero attached hydrogens (tertiary/aromatic N) is 5. The van der Waals surface area contributed by atoms with Gasteiger partial charge in [-0.3, -0.25) is 4.99 Å². The van der Waals surface area contributed by atoms with Gasteiger partial charge in [-0.25, -0.2) is 15.0 Å². The maximum Gasteiger partial charge on any atom is 0.162 e. The van der Waals surface area contributed by atoms with Gasteiger partial charge in [0.1, 0.15) is 12.0 Å². The second-order valence-corrected chi connectivity index (χ2v) is 9.07. The molecule has 0 saturated carbocycles. The standard InChI is InChI=1S/C24H34N5O2P/c1-18-21(27-19(2)23(32)28-20-8-14-31-15-9-20)22(26-17-25-18)29-12-7-5-4-6-10-24(3,16-29)11-13-30/h4-7,10,12,17,20,30H,8-9,11,13-16,32H2,1-3H3/b5-4-,10-6+,12-7+,27-19?,28-23?. The molecule has 1 N–H and O–H groups in total. The number of anilines is 1. The van der Waals surface area contributed by atoms with Crippen LogP contribution in [0.25, 0.3) is 0 Å². The van der Waals surface area contributed by atoms with Crippen LogP contribution >= 0.6 is 9.24 Å². The van der Waals surface area contributed by atoms with E-state index in [2.05, 4.69) is 37.1 Å². The van der Waals surface area contributed by atoms with Crippen LogP contribution in [0.5, 0.6) is 0 Å². The molecule has 1 aromatic heterocycles. The highest BCUT2D eigenvalue weighted by Crippen LogP contribution is 2.34. The number of aliphatic hydroxyl groups excluding tert-OH is 1. The Labute approximate surface area is 193 Å². The molecule has 2 aliphatic rings. The highest BCUT2D eigenvalue weighted by molar-refractivity contribution is 7.45. The number of ether oxygens (including phenoxy) is 1. The van der Waals surface area contributed by atoms with Gasteiger partial charge in [0, 0.05) is 38.0 Å². The first kappa shape index (κ1) is 24.4. The average Bonchev–Trinajstić information content (AvgIpc) is 2.86. The lowest BCUT2D eigenvalue weighted by atomic mass is 9.86. The van der Waals surface area contributed by atoms with E-state index in [0.717, 1.165) is 54.4 Å². The van der Waals surface area contributed by atoms with E-state index in [4.69, 9.17) is 14.7 Å². The van der Waals surface area contributed by atoms with Crippen LogP contribution in [0.15, 0.2) is 52.9 Å². The van der Waals surface area contributed by atoms with Crippen molar-refractivity contribution in [2.75, 3.05) is 31.3 Å². The third-order valence-electron chi connectivity index (χ3n) is 5.73. The van der Waals surface area contributed by atoms with Crippen molar-refractivity contribution in [2.24, 2.45) is 15.4 Å². The van der Waals surface area contributed by atoms with Gasteiger partial charge in [0.2, 0.25) is 0 Å². The molecule has 32 heavy (non-hydrogen) atoms. The maximum absolute atomic E-state index is 9.63. The van der Waals surface area contributed by atoms with Gasteiger partial charge in [0.15, 0.2) is 5.82 Å². The van der Waals surface area contributed by atoms with E-state index in [0.29, 0.717) is 13.0 Å². The summed E-state index contributed by atoms with van der Waals surface area (Å²) in [6.07, 6.45) is 16.3. The molecule has 0 amide bonds. The molecule has 172 valence electrons. The van der Waals surface area contributed by atoms with Crippen LogP contribution in [-0.2, 0) is 4.74 Å². The van der Waals surface area contributed by atoms with Crippen LogP contribution in [0.1, 0.15) is 38.8 Å². The van der Waals surface area contributed by atoms with Crippen molar-refractivity contribution in [1.29, 1.82) is 0 Å². The van der Waals surface area contributed by atoms with Gasteiger partial charge in [0.25, 0.3) is 0 Å². The first-order valence-corrected chi connectivity index (χ1v) is 11.7. The summed E-state index contributed by atoms with van der Waals surface area (Å²) in [5.74, 6) is 0.741. The minimum Gasteiger partial charge on any atom is -0.396 e. The lowest BCUT2D eigenvalue weighted by Crippen LogP contribution is -2.33. The summed E-state index contributed by atoms with van der Waals surface area (Å²) in [5.41, 5.74) is 2.99. The van der Waals surface area contributed by atoms with Crippen LogP contribution in [0.2, 0.25) is 0 Å². The van der Waals surface area contributed by atoms with Crippen LogP contribution in [0.3, 0.4) is 0 Å². The average molecular weight is 456 g/mol. The Hall–Kier alpha value is -2.21. The molecule has 0 aliphatic carbocycles. The zero-order valence-electron chi connectivity index (χ0n) is 19.2. The second kappa shape index (κ2) is 11.6. The van der Waals surface area contributed by atoms with Gasteiger partial charge in [-0.15, -0.1) is 0 Å². The minimum absolute atomic E-state index is 0.119. The van der Waals surface area contributed by atoms with Gasteiger partial charge in [-0.2, -0.15) is 0 Å². The number of hydrogen-bond donors (Lipinski definition) is 1. The number of rotatable bonds is 6. The lowest BCUT2D eigenvalue weighted by Gasteiger charge is -2.32. The number of aryl methyl sites for hydroxylation is 1. The van der Waals surface area contributed by atoms with Crippen molar-refractivity contribution >= 4 is 31.9 Å². The Morgan fingerprint density at radius 2 is 2.00 bits per heavy atom. The number of aromatic nitrogens is 2. The summed E-state index contributed by atoms with van der Waals surface area (Å²) in [5, 5.41) is 9.63. The molecule has 8 heteroatoms. The molecule has 1 saturated heterocycles. The molecule has 3 heterocycles. The van der Waals surface area contributed by atoms with Gasteiger partial charge in [0.05, 0.1) is 22.9 Å². The van der Waals surface area contributed by atoms with Gasteiger partial charge < -0.3 is 14.7 Å². The first-order chi connectivity index (χ1) is 15.4. The molecular weight excluding hydrogens is 421 g/mol. The lowest BCUT2D eigenvalue weighted by molar-refractivity contribution is 0.0872. The summed E-state index contributed by atoms with van der Waals surface area (Å²) < 4.78 is 5.44. The topological polar surface area (TPSA) is 83.2 Å². The van der Waals surface area contributed by atoms with E-state index in [9.17, 15) is 5.11 Å². The zero-order chi connectivity index (χ0) is 23.0. The molecule has 1 aromatic rings. The van der Waals surface area contributed by atoms with E-state index in [1.807, 2.05) is 44.4 Å². The molecule has 0 aromatic carbocycles. The number of hydrogen-bond acceptors (Lipinski definition) is 7. The molecule has 1 fully saturated rings. The van der Waals surface area contributed by atoms with E-state index in [-0.39, 0.29) is 18.1 Å². The fourth-order valence-corrected chi connectivity index (χ4v) is 4.03. The van der Waals surface area contributed by atoms with Crippen molar-refractivity contribution in [3.05, 3.63) is 48.6 Å². The number of aliphatic imine (C=N–C) groups is 2. The minimum atomic E-state index is -0.223. The van der Waals surface area contributed by atoms with E-state index < -0.39 is 0 Å². The molecule has 2 aliphatic heterocycles. The Balaban J connectivity index is 1.96. The Morgan fingerprint density at radius 3 is 2.75 bits per heavy atom. The maximum atomic E-state index is 9.63. The smallest absolute Gasteiger partial charge is 0.162 e. The van der Waals surface area contributed by atoms with E-state index in [1.165, 1.54) is 0 Å². The summed E-state index contributed by atoms with van der Waals surface area (Å²) in [6.45, 7) is 8.35. The van der Waals surface area contributed by atoms with Crippen LogP contribution < -0.4 is 4.90 Å². The first-order valence-electron chi connectivity index (χ1n) is 11.1. The fourth-order valence-electron chi connectivity index (χ4n) is 3.75. The second-order valence-electron chi connectivity index (χ2n) is 8.53. The summed E-state index contributed by atoms with van der Waals surface area (Å²) in [4.78, 5) is 20.9. The van der Waals surface area contributed by atoms with Crippen molar-refractivity contribution in [1.82, 2.24) is 9.97 Å². The SMILES string of the molecule is CC(=Nc1c(C)ncnc1N1/C=C/C=C\C=C\C(C)(CCO)C1)C(P)=NC1CCOCC1. The summed E-state index contributed by atoms with van der Waals surface area (Å²) >= 11 is 0. The van der Waals surface area contributed by atoms with Gasteiger partial charge in [-0.1, -0.05) is 40.5 Å². The predicted octanol–water partition coefficient (Wildman–Crippen LogP) is 4.16. The molecule has 2 unspecified atom stereocenters. The van der Waals surface area contributed by atoms with Crippen molar-refractivity contribution in [3.63, 3.8) is 0 Å². The highest BCUT2D eigenvalue weighted by Gasteiger charge is 2.26. The Morgan fingerprint density at radius 1 is 1.25 bits per heavy atom. The van der Waals surface area contributed by atoms with Gasteiger partial charge in [-0.05, 0) is 39.2 Å². The quantitative estimate of drug-likeness (QED) is 0.514.